The zero-order valence-corrected chi connectivity index (χ0v) is 17.5. The van der Waals surface area contributed by atoms with Gasteiger partial charge in [0.25, 0.3) is 5.91 Å². The van der Waals surface area contributed by atoms with Gasteiger partial charge in [-0.1, -0.05) is 30.3 Å². The average molecular weight is 432 g/mol. The van der Waals surface area contributed by atoms with Crippen molar-refractivity contribution in [3.8, 4) is 5.75 Å². The number of pyridine rings is 1. The number of hydrogen-bond acceptors (Lipinski definition) is 6. The van der Waals surface area contributed by atoms with Gasteiger partial charge in [0.05, 0.1) is 41.3 Å². The number of piperidine rings is 1. The first-order valence-electron chi connectivity index (χ1n) is 10.7. The highest BCUT2D eigenvalue weighted by atomic mass is 16.3. The van der Waals surface area contributed by atoms with Crippen LogP contribution in [0.4, 0.5) is 11.4 Å². The number of aromatic hydroxyl groups is 1. The van der Waals surface area contributed by atoms with Gasteiger partial charge in [-0.15, -0.1) is 0 Å². The fourth-order valence-electron chi connectivity index (χ4n) is 4.23. The predicted octanol–water partition coefficient (Wildman–Crippen LogP) is 2.69. The topological polar surface area (TPSA) is 125 Å². The van der Waals surface area contributed by atoms with Crippen molar-refractivity contribution in [2.45, 2.75) is 25.4 Å². The SMILES string of the molecule is N[C@@H]1CCCN(c2c(O)cnc3[nH]cc(NC(=O)c4cnn(Cc5ccccc5)c4)c23)C1. The quantitative estimate of drug-likeness (QED) is 0.385. The molecule has 5 N–H and O–H groups in total. The van der Waals surface area contributed by atoms with Crippen molar-refractivity contribution in [1.82, 2.24) is 19.7 Å². The Morgan fingerprint density at radius 3 is 2.94 bits per heavy atom. The van der Waals surface area contributed by atoms with Crippen molar-refractivity contribution in [2.75, 3.05) is 23.3 Å². The third kappa shape index (κ3) is 3.90. The molecule has 0 aliphatic carbocycles. The van der Waals surface area contributed by atoms with E-state index >= 15 is 0 Å². The lowest BCUT2D eigenvalue weighted by molar-refractivity contribution is 0.102. The molecule has 0 radical (unpaired) electrons. The summed E-state index contributed by atoms with van der Waals surface area (Å²) in [6.07, 6.45) is 8.28. The molecule has 1 aromatic carbocycles. The number of carbonyl (C=O) groups is 1. The highest BCUT2D eigenvalue weighted by Gasteiger charge is 2.24. The Morgan fingerprint density at radius 1 is 1.28 bits per heavy atom. The molecule has 1 aliphatic rings. The normalized spacial score (nSPS) is 16.4. The largest absolute Gasteiger partial charge is 0.504 e. The molecule has 1 aliphatic heterocycles. The van der Waals surface area contributed by atoms with E-state index in [0.29, 0.717) is 41.1 Å². The minimum Gasteiger partial charge on any atom is -0.504 e. The summed E-state index contributed by atoms with van der Waals surface area (Å²) in [7, 11) is 0. The van der Waals surface area contributed by atoms with Crippen LogP contribution in [-0.2, 0) is 6.54 Å². The molecular formula is C23H25N7O2. The number of anilines is 2. The van der Waals surface area contributed by atoms with E-state index in [1.807, 2.05) is 30.3 Å². The van der Waals surface area contributed by atoms with Crippen LogP contribution in [0.3, 0.4) is 0 Å². The van der Waals surface area contributed by atoms with Crippen LogP contribution in [0.1, 0.15) is 28.8 Å². The van der Waals surface area contributed by atoms with Crippen LogP contribution in [0.5, 0.6) is 5.75 Å². The van der Waals surface area contributed by atoms with Gasteiger partial charge in [0.2, 0.25) is 0 Å². The van der Waals surface area contributed by atoms with Gasteiger partial charge in [-0.2, -0.15) is 5.10 Å². The van der Waals surface area contributed by atoms with Gasteiger partial charge >= 0.3 is 0 Å². The van der Waals surface area contributed by atoms with Crippen molar-refractivity contribution in [3.63, 3.8) is 0 Å². The van der Waals surface area contributed by atoms with E-state index in [0.717, 1.165) is 24.9 Å². The zero-order valence-electron chi connectivity index (χ0n) is 17.5. The summed E-state index contributed by atoms with van der Waals surface area (Å²) in [5.74, 6) is -0.216. The van der Waals surface area contributed by atoms with Gasteiger partial charge in [-0.25, -0.2) is 4.98 Å². The molecular weight excluding hydrogens is 406 g/mol. The zero-order chi connectivity index (χ0) is 22.1. The number of aromatic nitrogens is 4. The first-order chi connectivity index (χ1) is 15.6. The minimum absolute atomic E-state index is 0.0406. The van der Waals surface area contributed by atoms with Gasteiger partial charge in [0.15, 0.2) is 5.75 Å². The third-order valence-corrected chi connectivity index (χ3v) is 5.76. The van der Waals surface area contributed by atoms with Crippen molar-refractivity contribution in [1.29, 1.82) is 0 Å². The second-order valence-electron chi connectivity index (χ2n) is 8.13. The molecule has 0 saturated carbocycles. The van der Waals surface area contributed by atoms with Crippen LogP contribution in [0.25, 0.3) is 11.0 Å². The van der Waals surface area contributed by atoms with Gasteiger partial charge in [-0.05, 0) is 18.4 Å². The molecule has 1 atom stereocenters. The number of nitrogens with two attached hydrogens (primary N) is 1. The Hall–Kier alpha value is -3.85. The number of nitrogens with zero attached hydrogens (tertiary/aromatic N) is 4. The summed E-state index contributed by atoms with van der Waals surface area (Å²) in [6.45, 7) is 2.00. The Labute approximate surface area is 184 Å². The first kappa shape index (κ1) is 20.1. The average Bonchev–Trinajstić information content (AvgIpc) is 3.42. The van der Waals surface area contributed by atoms with E-state index in [4.69, 9.17) is 5.73 Å². The van der Waals surface area contributed by atoms with Crippen molar-refractivity contribution in [2.24, 2.45) is 5.73 Å². The van der Waals surface area contributed by atoms with Crippen LogP contribution < -0.4 is 16.0 Å². The molecule has 4 heterocycles. The monoisotopic (exact) mass is 431 g/mol. The van der Waals surface area contributed by atoms with Gasteiger partial charge in [0.1, 0.15) is 5.65 Å². The number of benzene rings is 1. The highest BCUT2D eigenvalue weighted by molar-refractivity contribution is 6.12. The number of fused-ring (bicyclic) bond motifs is 1. The highest BCUT2D eigenvalue weighted by Crippen LogP contribution is 2.39. The van der Waals surface area contributed by atoms with Crippen molar-refractivity contribution >= 4 is 28.3 Å². The Morgan fingerprint density at radius 2 is 2.12 bits per heavy atom. The van der Waals surface area contributed by atoms with E-state index < -0.39 is 0 Å². The molecule has 0 bridgehead atoms. The molecule has 4 aromatic rings. The van der Waals surface area contributed by atoms with Gasteiger partial charge in [0, 0.05) is 31.5 Å². The number of amides is 1. The van der Waals surface area contributed by atoms with Crippen LogP contribution >= 0.6 is 0 Å². The Bertz CT molecular complexity index is 1250. The lowest BCUT2D eigenvalue weighted by Gasteiger charge is -2.33. The number of nitrogens with one attached hydrogen (secondary N) is 2. The lowest BCUT2D eigenvalue weighted by atomic mass is 10.0. The van der Waals surface area contributed by atoms with Crippen molar-refractivity contribution in [3.05, 3.63) is 66.2 Å². The molecule has 3 aromatic heterocycles. The second kappa shape index (κ2) is 8.35. The van der Waals surface area contributed by atoms with E-state index in [2.05, 4.69) is 25.3 Å². The molecule has 5 rings (SSSR count). The van der Waals surface area contributed by atoms with Gasteiger partial charge in [-0.3, -0.25) is 9.48 Å². The van der Waals surface area contributed by atoms with Crippen LogP contribution in [-0.4, -0.2) is 49.9 Å². The fourth-order valence-corrected chi connectivity index (χ4v) is 4.23. The van der Waals surface area contributed by atoms with Gasteiger partial charge < -0.3 is 26.0 Å². The molecule has 32 heavy (non-hydrogen) atoms. The molecule has 9 heteroatoms. The second-order valence-corrected chi connectivity index (χ2v) is 8.13. The van der Waals surface area contributed by atoms with Crippen LogP contribution in [0, 0.1) is 0 Å². The predicted molar refractivity (Wildman–Crippen MR) is 123 cm³/mol. The van der Waals surface area contributed by atoms with E-state index in [1.54, 1.807) is 23.3 Å². The summed E-state index contributed by atoms with van der Waals surface area (Å²) in [5, 5.41) is 18.5. The molecule has 1 fully saturated rings. The maximum absolute atomic E-state index is 13.0. The Balaban J connectivity index is 1.41. The number of hydrogen-bond donors (Lipinski definition) is 4. The summed E-state index contributed by atoms with van der Waals surface area (Å²) in [5.41, 5.74) is 9.49. The maximum Gasteiger partial charge on any atom is 0.258 e. The lowest BCUT2D eigenvalue weighted by Crippen LogP contribution is -2.43. The molecule has 1 saturated heterocycles. The molecule has 1 amide bonds. The molecule has 0 unspecified atom stereocenters. The van der Waals surface area contributed by atoms with Crippen LogP contribution in [0.15, 0.2) is 55.1 Å². The molecule has 0 spiro atoms. The number of aromatic amines is 1. The number of rotatable bonds is 5. The number of carbonyl (C=O) groups excluding carboxylic acids is 1. The summed E-state index contributed by atoms with van der Waals surface area (Å²) in [6, 6.07) is 9.98. The summed E-state index contributed by atoms with van der Waals surface area (Å²) < 4.78 is 1.73. The molecule has 164 valence electrons. The van der Waals surface area contributed by atoms with Crippen molar-refractivity contribution < 1.29 is 9.90 Å². The maximum atomic E-state index is 13.0. The van der Waals surface area contributed by atoms with Crippen LogP contribution in [0.2, 0.25) is 0 Å². The fraction of sp³-hybridized carbons (Fsp3) is 0.261. The minimum atomic E-state index is -0.283. The standard InChI is InChI=1S/C23H25N7O2/c24-17-7-4-8-29(14-17)21-19(31)11-26-22-20(21)18(10-25-22)28-23(32)16-9-27-30(13-16)12-15-5-2-1-3-6-15/h1-3,5-6,9-11,13,17,31H,4,7-8,12,14,24H2,(H,25,26)(H,28,32)/t17-/m1/s1. The van der Waals surface area contributed by atoms with E-state index in [9.17, 15) is 9.90 Å². The smallest absolute Gasteiger partial charge is 0.258 e. The third-order valence-electron chi connectivity index (χ3n) is 5.76. The molecule has 9 nitrogen and oxygen atoms in total. The summed E-state index contributed by atoms with van der Waals surface area (Å²) in [4.78, 5) is 22.4. The Kier molecular flexibility index (Phi) is 5.24. The van der Waals surface area contributed by atoms with E-state index in [-0.39, 0.29) is 17.7 Å². The van der Waals surface area contributed by atoms with E-state index in [1.165, 1.54) is 6.20 Å². The number of H-pyrrole nitrogens is 1. The first-order valence-corrected chi connectivity index (χ1v) is 10.7. The summed E-state index contributed by atoms with van der Waals surface area (Å²) >= 11 is 0.